The Morgan fingerprint density at radius 1 is 0.682 bits per heavy atom. The van der Waals surface area contributed by atoms with Gasteiger partial charge < -0.3 is 10.2 Å². The Morgan fingerprint density at radius 2 is 1.27 bits per heavy atom. The second kappa shape index (κ2) is 5.35. The van der Waals surface area contributed by atoms with Crippen molar-refractivity contribution in [3.8, 4) is 22.6 Å². The molecule has 0 aliphatic carbocycles. The van der Waals surface area contributed by atoms with Crippen LogP contribution in [0.25, 0.3) is 11.1 Å². The van der Waals surface area contributed by atoms with Gasteiger partial charge in [0.05, 0.1) is 0 Å². The van der Waals surface area contributed by atoms with E-state index in [2.05, 4.69) is 41.5 Å². The molecule has 0 bridgehead atoms. The van der Waals surface area contributed by atoms with Gasteiger partial charge in [-0.1, -0.05) is 65.8 Å². The Balaban J connectivity index is 2.93. The lowest BCUT2D eigenvalue weighted by Crippen LogP contribution is -2.23. The molecule has 2 N–H and O–H groups in total. The molecule has 0 atom stereocenters. The predicted octanol–water partition coefficient (Wildman–Crippen LogP) is 5.36. The number of para-hydroxylation sites is 1. The van der Waals surface area contributed by atoms with Gasteiger partial charge >= 0.3 is 0 Å². The van der Waals surface area contributed by atoms with E-state index in [0.717, 1.165) is 11.1 Å². The average molecular weight is 298 g/mol. The first-order valence-electron chi connectivity index (χ1n) is 7.69. The highest BCUT2D eigenvalue weighted by molar-refractivity contribution is 5.80. The highest BCUT2D eigenvalue weighted by atomic mass is 16.3. The predicted molar refractivity (Wildman–Crippen MR) is 92.6 cm³/mol. The number of hydrogen-bond donors (Lipinski definition) is 2. The zero-order chi connectivity index (χ0) is 16.7. The maximum Gasteiger partial charge on any atom is 0.123 e. The summed E-state index contributed by atoms with van der Waals surface area (Å²) in [5.74, 6) is 0.397. The molecule has 22 heavy (non-hydrogen) atoms. The van der Waals surface area contributed by atoms with Crippen LogP contribution in [-0.2, 0) is 10.8 Å². The minimum absolute atomic E-state index is 0.0462. The summed E-state index contributed by atoms with van der Waals surface area (Å²) in [5.41, 5.74) is 3.49. The summed E-state index contributed by atoms with van der Waals surface area (Å²) in [6, 6.07) is 10.9. The SMILES string of the molecule is CC(C)(C)c1ccc(O)c(-c2ccccc2O)c1C(C)(C)C. The van der Waals surface area contributed by atoms with Crippen LogP contribution in [0.5, 0.6) is 11.5 Å². The summed E-state index contributed by atoms with van der Waals surface area (Å²) in [5, 5.41) is 20.8. The van der Waals surface area contributed by atoms with E-state index in [1.807, 2.05) is 18.2 Å². The molecule has 0 unspecified atom stereocenters. The minimum Gasteiger partial charge on any atom is -0.507 e. The third-order valence-electron chi connectivity index (χ3n) is 3.91. The van der Waals surface area contributed by atoms with Crippen LogP contribution in [0.1, 0.15) is 52.7 Å². The van der Waals surface area contributed by atoms with Gasteiger partial charge in [0, 0.05) is 11.1 Å². The van der Waals surface area contributed by atoms with Crippen LogP contribution in [0.3, 0.4) is 0 Å². The van der Waals surface area contributed by atoms with Crippen LogP contribution in [0.2, 0.25) is 0 Å². The summed E-state index contributed by atoms with van der Waals surface area (Å²) in [6.07, 6.45) is 0. The molecule has 2 rings (SSSR count). The first kappa shape index (κ1) is 16.4. The molecule has 0 spiro atoms. The van der Waals surface area contributed by atoms with Crippen molar-refractivity contribution in [2.24, 2.45) is 0 Å². The van der Waals surface area contributed by atoms with Crippen LogP contribution in [0.4, 0.5) is 0 Å². The molecule has 2 aromatic rings. The fourth-order valence-electron chi connectivity index (χ4n) is 2.95. The number of phenols is 2. The molecule has 0 aliphatic rings. The van der Waals surface area contributed by atoms with E-state index in [1.165, 1.54) is 5.56 Å². The Hall–Kier alpha value is -1.96. The third kappa shape index (κ3) is 2.96. The van der Waals surface area contributed by atoms with E-state index in [-0.39, 0.29) is 22.3 Å². The lowest BCUT2D eigenvalue weighted by Gasteiger charge is -2.33. The van der Waals surface area contributed by atoms with E-state index < -0.39 is 0 Å². The fourth-order valence-corrected chi connectivity index (χ4v) is 2.95. The largest absolute Gasteiger partial charge is 0.507 e. The molecule has 0 radical (unpaired) electrons. The zero-order valence-electron chi connectivity index (χ0n) is 14.4. The lowest BCUT2D eigenvalue weighted by molar-refractivity contribution is 0.462. The molecule has 0 fully saturated rings. The standard InChI is InChI=1S/C20H26O2/c1-19(2,3)14-11-12-16(22)17(18(14)20(4,5)6)13-9-7-8-10-15(13)21/h7-12,21-22H,1-6H3. The molecular formula is C20H26O2. The van der Waals surface area contributed by atoms with Crippen molar-refractivity contribution in [3.05, 3.63) is 47.5 Å². The number of phenolic OH excluding ortho intramolecular Hbond substituents is 2. The van der Waals surface area contributed by atoms with Gasteiger partial charge in [0.15, 0.2) is 0 Å². The molecule has 2 aromatic carbocycles. The van der Waals surface area contributed by atoms with Gasteiger partial charge in [-0.25, -0.2) is 0 Å². The second-order valence-electron chi connectivity index (χ2n) is 7.90. The molecule has 0 aromatic heterocycles. The van der Waals surface area contributed by atoms with Crippen molar-refractivity contribution in [2.45, 2.75) is 52.4 Å². The minimum atomic E-state index is -0.154. The molecule has 2 heteroatoms. The smallest absolute Gasteiger partial charge is 0.123 e. The molecule has 0 saturated heterocycles. The lowest BCUT2D eigenvalue weighted by atomic mass is 9.72. The van der Waals surface area contributed by atoms with Gasteiger partial charge in [-0.15, -0.1) is 0 Å². The quantitative estimate of drug-likeness (QED) is 0.744. The van der Waals surface area contributed by atoms with Crippen molar-refractivity contribution < 1.29 is 10.2 Å². The van der Waals surface area contributed by atoms with Gasteiger partial charge in [-0.2, -0.15) is 0 Å². The van der Waals surface area contributed by atoms with E-state index in [1.54, 1.807) is 18.2 Å². The summed E-state index contributed by atoms with van der Waals surface area (Å²) in [7, 11) is 0. The van der Waals surface area contributed by atoms with E-state index in [0.29, 0.717) is 5.56 Å². The van der Waals surface area contributed by atoms with Crippen LogP contribution in [0, 0.1) is 0 Å². The van der Waals surface area contributed by atoms with Gasteiger partial charge in [-0.05, 0) is 34.1 Å². The van der Waals surface area contributed by atoms with E-state index in [4.69, 9.17) is 0 Å². The Kier molecular flexibility index (Phi) is 3.99. The Morgan fingerprint density at radius 3 is 1.77 bits per heavy atom. The molecule has 2 nitrogen and oxygen atoms in total. The number of hydrogen-bond acceptors (Lipinski definition) is 2. The third-order valence-corrected chi connectivity index (χ3v) is 3.91. The van der Waals surface area contributed by atoms with Crippen LogP contribution < -0.4 is 0 Å². The summed E-state index contributed by atoms with van der Waals surface area (Å²) in [4.78, 5) is 0. The molecule has 0 heterocycles. The maximum atomic E-state index is 10.5. The van der Waals surface area contributed by atoms with E-state index in [9.17, 15) is 10.2 Å². The van der Waals surface area contributed by atoms with Crippen molar-refractivity contribution >= 4 is 0 Å². The van der Waals surface area contributed by atoms with Gasteiger partial charge in [-0.3, -0.25) is 0 Å². The van der Waals surface area contributed by atoms with E-state index >= 15 is 0 Å². The molecular weight excluding hydrogens is 272 g/mol. The molecule has 118 valence electrons. The first-order valence-corrected chi connectivity index (χ1v) is 7.69. The number of aromatic hydroxyl groups is 2. The first-order chi connectivity index (χ1) is 10.0. The highest BCUT2D eigenvalue weighted by Gasteiger charge is 2.30. The summed E-state index contributed by atoms with van der Waals surface area (Å²) >= 11 is 0. The monoisotopic (exact) mass is 298 g/mol. The van der Waals surface area contributed by atoms with Gasteiger partial charge in [0.2, 0.25) is 0 Å². The number of rotatable bonds is 1. The van der Waals surface area contributed by atoms with Crippen LogP contribution >= 0.6 is 0 Å². The van der Waals surface area contributed by atoms with Crippen LogP contribution in [0.15, 0.2) is 36.4 Å². The maximum absolute atomic E-state index is 10.5. The average Bonchev–Trinajstić information content (AvgIpc) is 2.37. The zero-order valence-corrected chi connectivity index (χ0v) is 14.4. The molecule has 0 amide bonds. The van der Waals surface area contributed by atoms with Gasteiger partial charge in [0.25, 0.3) is 0 Å². The molecule has 0 saturated carbocycles. The fraction of sp³-hybridized carbons (Fsp3) is 0.400. The van der Waals surface area contributed by atoms with Gasteiger partial charge in [0.1, 0.15) is 11.5 Å². The topological polar surface area (TPSA) is 40.5 Å². The second-order valence-corrected chi connectivity index (χ2v) is 7.90. The van der Waals surface area contributed by atoms with Crippen LogP contribution in [-0.4, -0.2) is 10.2 Å². The Bertz CT molecular complexity index is 686. The highest BCUT2D eigenvalue weighted by Crippen LogP contribution is 2.46. The van der Waals surface area contributed by atoms with Crippen molar-refractivity contribution in [3.63, 3.8) is 0 Å². The normalized spacial score (nSPS) is 12.5. The number of benzene rings is 2. The molecule has 0 aliphatic heterocycles. The van der Waals surface area contributed by atoms with Crippen molar-refractivity contribution in [1.29, 1.82) is 0 Å². The Labute approximate surface area is 133 Å². The van der Waals surface area contributed by atoms with Crippen molar-refractivity contribution in [1.82, 2.24) is 0 Å². The summed E-state index contributed by atoms with van der Waals surface area (Å²) < 4.78 is 0. The van der Waals surface area contributed by atoms with Crippen molar-refractivity contribution in [2.75, 3.05) is 0 Å². The summed E-state index contributed by atoms with van der Waals surface area (Å²) in [6.45, 7) is 12.9.